The Morgan fingerprint density at radius 2 is 2.00 bits per heavy atom. The largest absolute Gasteiger partial charge is 0.306 e. The van der Waals surface area contributed by atoms with Crippen molar-refractivity contribution in [2.24, 2.45) is 5.41 Å². The fraction of sp³-hybridized carbons (Fsp3) is 0.636. The minimum atomic E-state index is 0.428. The molecule has 2 heteroatoms. The van der Waals surface area contributed by atoms with Crippen molar-refractivity contribution in [3.63, 3.8) is 0 Å². The van der Waals surface area contributed by atoms with Crippen LogP contribution in [0.1, 0.15) is 19.8 Å². The monoisotopic (exact) mass is 289 g/mol. The van der Waals surface area contributed by atoms with E-state index in [4.69, 9.17) is 0 Å². The van der Waals surface area contributed by atoms with E-state index in [1.807, 2.05) is 0 Å². The average molecular weight is 289 g/mol. The van der Waals surface area contributed by atoms with Crippen LogP contribution in [-0.4, -0.2) is 25.0 Å². The van der Waals surface area contributed by atoms with E-state index in [1.165, 1.54) is 31.5 Å². The third-order valence-electron chi connectivity index (χ3n) is 3.31. The van der Waals surface area contributed by atoms with E-state index in [1.54, 1.807) is 3.58 Å². The van der Waals surface area contributed by atoms with Crippen molar-refractivity contribution < 1.29 is 0 Å². The molecule has 0 saturated carbocycles. The lowest BCUT2D eigenvalue weighted by molar-refractivity contribution is 0.201. The van der Waals surface area contributed by atoms with Crippen LogP contribution in [0.2, 0.25) is 0 Å². The van der Waals surface area contributed by atoms with Crippen LogP contribution in [-0.2, 0) is 0 Å². The first-order valence-electron chi connectivity index (χ1n) is 4.89. The summed E-state index contributed by atoms with van der Waals surface area (Å²) in [6.45, 7) is 4.71. The van der Waals surface area contributed by atoms with Gasteiger partial charge in [-0.25, -0.2) is 0 Å². The number of allylic oxidation sites excluding steroid dienone is 4. The minimum absolute atomic E-state index is 0.428. The highest BCUT2D eigenvalue weighted by atomic mass is 127. The lowest BCUT2D eigenvalue weighted by atomic mass is 9.80. The second kappa shape index (κ2) is 3.39. The van der Waals surface area contributed by atoms with Crippen molar-refractivity contribution in [2.45, 2.75) is 19.8 Å². The summed E-state index contributed by atoms with van der Waals surface area (Å²) in [7, 11) is 2.22. The highest BCUT2D eigenvalue weighted by molar-refractivity contribution is 14.1. The van der Waals surface area contributed by atoms with Gasteiger partial charge in [-0.15, -0.1) is 0 Å². The summed E-state index contributed by atoms with van der Waals surface area (Å²) in [5.74, 6) is 0. The maximum absolute atomic E-state index is 2.54. The molecule has 72 valence electrons. The average Bonchev–Trinajstić information content (AvgIpc) is 2.40. The van der Waals surface area contributed by atoms with Crippen LogP contribution in [0.4, 0.5) is 0 Å². The summed E-state index contributed by atoms with van der Waals surface area (Å²) in [4.78, 5) is 2.43. The Balaban J connectivity index is 2.20. The molecule has 1 heterocycles. The molecule has 0 amide bonds. The second-order valence-corrected chi connectivity index (χ2v) is 5.37. The van der Waals surface area contributed by atoms with Gasteiger partial charge in [0, 0.05) is 8.99 Å². The van der Waals surface area contributed by atoms with Crippen LogP contribution in [0.25, 0.3) is 0 Å². The first-order valence-corrected chi connectivity index (χ1v) is 5.97. The molecular formula is C11H16IN. The van der Waals surface area contributed by atoms with Gasteiger partial charge in [0.25, 0.3) is 0 Å². The molecule has 13 heavy (non-hydrogen) atoms. The summed E-state index contributed by atoms with van der Waals surface area (Å²) in [6.07, 6.45) is 7.33. The molecule has 0 aromatic heterocycles. The van der Waals surface area contributed by atoms with Crippen molar-refractivity contribution in [1.82, 2.24) is 4.90 Å². The number of hydrogen-bond donors (Lipinski definition) is 0. The van der Waals surface area contributed by atoms with Gasteiger partial charge in [0.1, 0.15) is 0 Å². The molecule has 1 spiro atoms. The fourth-order valence-electron chi connectivity index (χ4n) is 2.23. The quantitative estimate of drug-likeness (QED) is 0.620. The summed E-state index contributed by atoms with van der Waals surface area (Å²) in [5, 5.41) is 0. The number of likely N-dealkylation sites (tertiary alicyclic amines) is 1. The van der Waals surface area contributed by atoms with Crippen LogP contribution < -0.4 is 0 Å². The Morgan fingerprint density at radius 1 is 1.38 bits per heavy atom. The number of rotatable bonds is 0. The van der Waals surface area contributed by atoms with Gasteiger partial charge in [-0.2, -0.15) is 0 Å². The minimum Gasteiger partial charge on any atom is -0.306 e. The highest BCUT2D eigenvalue weighted by Gasteiger charge is 2.36. The zero-order valence-electron chi connectivity index (χ0n) is 8.31. The van der Waals surface area contributed by atoms with E-state index in [0.29, 0.717) is 5.41 Å². The standard InChI is InChI=1S/C11H16IN/c1-9-3-4-11(10(9)12)5-7-13(2)8-6-11/h3-4H,5-8H2,1-2H3. The Kier molecular flexibility index (Phi) is 2.53. The predicted octanol–water partition coefficient (Wildman–Crippen LogP) is 2.98. The van der Waals surface area contributed by atoms with E-state index in [9.17, 15) is 0 Å². The van der Waals surface area contributed by atoms with Gasteiger partial charge in [-0.3, -0.25) is 0 Å². The zero-order valence-corrected chi connectivity index (χ0v) is 10.5. The molecule has 1 aliphatic carbocycles. The van der Waals surface area contributed by atoms with Gasteiger partial charge < -0.3 is 4.90 Å². The van der Waals surface area contributed by atoms with Crippen molar-refractivity contribution in [3.05, 3.63) is 21.3 Å². The molecule has 0 atom stereocenters. The smallest absolute Gasteiger partial charge is 0.0220 e. The van der Waals surface area contributed by atoms with Crippen LogP contribution in [0.3, 0.4) is 0 Å². The van der Waals surface area contributed by atoms with E-state index < -0.39 is 0 Å². The number of hydrogen-bond acceptors (Lipinski definition) is 1. The predicted molar refractivity (Wildman–Crippen MR) is 65.0 cm³/mol. The van der Waals surface area contributed by atoms with Gasteiger partial charge in [0.2, 0.25) is 0 Å². The van der Waals surface area contributed by atoms with Gasteiger partial charge >= 0.3 is 0 Å². The van der Waals surface area contributed by atoms with Crippen LogP contribution >= 0.6 is 22.6 Å². The fourth-order valence-corrected chi connectivity index (χ4v) is 3.13. The Hall–Kier alpha value is 0.170. The van der Waals surface area contributed by atoms with Crippen LogP contribution in [0, 0.1) is 5.41 Å². The number of nitrogens with zero attached hydrogens (tertiary/aromatic N) is 1. The summed E-state index contributed by atoms with van der Waals surface area (Å²) in [5.41, 5.74) is 1.90. The Bertz CT molecular complexity index is 270. The Labute approximate surface area is 94.0 Å². The van der Waals surface area contributed by atoms with Crippen molar-refractivity contribution in [2.75, 3.05) is 20.1 Å². The van der Waals surface area contributed by atoms with E-state index in [-0.39, 0.29) is 0 Å². The SMILES string of the molecule is CC1=C(I)C2(C=C1)CCN(C)CC2. The summed E-state index contributed by atoms with van der Waals surface area (Å²) < 4.78 is 1.58. The molecule has 1 nitrogen and oxygen atoms in total. The molecule has 0 radical (unpaired) electrons. The zero-order chi connectivity index (χ0) is 9.47. The Morgan fingerprint density at radius 3 is 2.46 bits per heavy atom. The number of halogens is 1. The molecule has 0 N–H and O–H groups in total. The second-order valence-electron chi connectivity index (χ2n) is 4.29. The van der Waals surface area contributed by atoms with E-state index >= 15 is 0 Å². The first kappa shape index (κ1) is 9.71. The van der Waals surface area contributed by atoms with E-state index in [2.05, 4.69) is 53.6 Å². The molecule has 2 aliphatic rings. The maximum Gasteiger partial charge on any atom is 0.0220 e. The van der Waals surface area contributed by atoms with Crippen LogP contribution in [0.15, 0.2) is 21.3 Å². The molecule has 0 unspecified atom stereocenters. The maximum atomic E-state index is 2.54. The molecular weight excluding hydrogens is 273 g/mol. The van der Waals surface area contributed by atoms with E-state index in [0.717, 1.165) is 0 Å². The topological polar surface area (TPSA) is 3.24 Å². The third kappa shape index (κ3) is 1.59. The van der Waals surface area contributed by atoms with Gasteiger partial charge in [0.05, 0.1) is 0 Å². The summed E-state index contributed by atoms with van der Waals surface area (Å²) >= 11 is 2.54. The first-order chi connectivity index (χ1) is 6.14. The molecule has 0 aromatic carbocycles. The van der Waals surface area contributed by atoms with Gasteiger partial charge in [0.15, 0.2) is 0 Å². The normalized spacial score (nSPS) is 27.6. The van der Waals surface area contributed by atoms with Crippen molar-refractivity contribution in [1.29, 1.82) is 0 Å². The number of piperidine rings is 1. The highest BCUT2D eigenvalue weighted by Crippen LogP contribution is 2.48. The summed E-state index contributed by atoms with van der Waals surface area (Å²) in [6, 6.07) is 0. The molecule has 1 fully saturated rings. The van der Waals surface area contributed by atoms with Gasteiger partial charge in [-0.05, 0) is 68.1 Å². The van der Waals surface area contributed by atoms with Crippen molar-refractivity contribution in [3.8, 4) is 0 Å². The molecule has 1 aliphatic heterocycles. The van der Waals surface area contributed by atoms with Gasteiger partial charge in [-0.1, -0.05) is 12.2 Å². The molecule has 0 aromatic rings. The lowest BCUT2D eigenvalue weighted by Crippen LogP contribution is -2.36. The molecule has 0 bridgehead atoms. The van der Waals surface area contributed by atoms with Crippen molar-refractivity contribution >= 4 is 22.6 Å². The molecule has 1 saturated heterocycles. The third-order valence-corrected chi connectivity index (χ3v) is 5.24. The lowest BCUT2D eigenvalue weighted by Gasteiger charge is -2.37. The molecule has 2 rings (SSSR count). The van der Waals surface area contributed by atoms with Crippen LogP contribution in [0.5, 0.6) is 0 Å².